The molecular weight excluding hydrogens is 458 g/mol. The molecule has 0 spiro atoms. The van der Waals surface area contributed by atoms with Gasteiger partial charge in [-0.3, -0.25) is 4.79 Å². The Bertz CT molecular complexity index is 1420. The van der Waals surface area contributed by atoms with Gasteiger partial charge in [0.25, 0.3) is 5.91 Å². The first-order valence-electron chi connectivity index (χ1n) is 9.73. The van der Waals surface area contributed by atoms with Crippen LogP contribution in [0.1, 0.15) is 20.7 Å². The third-order valence-corrected chi connectivity index (χ3v) is 5.91. The molecule has 0 aliphatic heterocycles. The summed E-state index contributed by atoms with van der Waals surface area (Å²) in [6.45, 7) is -0.210. The van der Waals surface area contributed by atoms with Crippen LogP contribution in [0.15, 0.2) is 59.5 Å². The average molecular weight is 480 g/mol. The molecule has 0 atom stereocenters. The van der Waals surface area contributed by atoms with E-state index in [0.29, 0.717) is 22.3 Å². The summed E-state index contributed by atoms with van der Waals surface area (Å²) >= 11 is 0. The number of nitrogen functional groups attached to an aromatic ring is 1. The van der Waals surface area contributed by atoms with Gasteiger partial charge < -0.3 is 20.9 Å². The molecule has 174 valence electrons. The SMILES string of the molecule is C#CCOC(=O)c1cccc(-c2cc(C(N)=O)c(N)c(-c3ccc(S(N)(=O)=O)cc3)c2)c1OC. The number of sulfonamides is 1. The molecule has 34 heavy (non-hydrogen) atoms. The molecule has 10 heteroatoms. The zero-order chi connectivity index (χ0) is 25.0. The highest BCUT2D eigenvalue weighted by Crippen LogP contribution is 2.39. The molecule has 0 saturated heterocycles. The van der Waals surface area contributed by atoms with E-state index in [4.69, 9.17) is 32.5 Å². The highest BCUT2D eigenvalue weighted by molar-refractivity contribution is 7.89. The lowest BCUT2D eigenvalue weighted by atomic mass is 9.92. The van der Waals surface area contributed by atoms with Gasteiger partial charge in [0, 0.05) is 11.1 Å². The number of primary amides is 1. The summed E-state index contributed by atoms with van der Waals surface area (Å²) < 4.78 is 33.7. The van der Waals surface area contributed by atoms with Crippen LogP contribution in [0, 0.1) is 12.3 Å². The van der Waals surface area contributed by atoms with E-state index in [1.54, 1.807) is 18.2 Å². The van der Waals surface area contributed by atoms with Crippen molar-refractivity contribution in [1.82, 2.24) is 0 Å². The number of carbonyl (C=O) groups excluding carboxylic acids is 2. The highest BCUT2D eigenvalue weighted by Gasteiger charge is 2.21. The highest BCUT2D eigenvalue weighted by atomic mass is 32.2. The average Bonchev–Trinajstić information content (AvgIpc) is 2.81. The molecule has 0 radical (unpaired) electrons. The Labute approximate surface area is 196 Å². The number of amides is 1. The molecule has 1 amide bonds. The maximum atomic E-state index is 12.4. The van der Waals surface area contributed by atoms with Gasteiger partial charge in [-0.15, -0.1) is 6.42 Å². The molecule has 9 nitrogen and oxygen atoms in total. The quantitative estimate of drug-likeness (QED) is 0.265. The Kier molecular flexibility index (Phi) is 6.91. The summed E-state index contributed by atoms with van der Waals surface area (Å²) in [5.41, 5.74) is 13.9. The number of hydrogen-bond donors (Lipinski definition) is 3. The summed E-state index contributed by atoms with van der Waals surface area (Å²) in [4.78, 5) is 24.5. The van der Waals surface area contributed by atoms with Gasteiger partial charge >= 0.3 is 5.97 Å². The van der Waals surface area contributed by atoms with Crippen molar-refractivity contribution in [3.05, 3.63) is 65.7 Å². The number of ether oxygens (including phenoxy) is 2. The number of carbonyl (C=O) groups is 2. The van der Waals surface area contributed by atoms with Crippen LogP contribution in [-0.2, 0) is 14.8 Å². The Morgan fingerprint density at radius 2 is 1.68 bits per heavy atom. The van der Waals surface area contributed by atoms with Crippen molar-refractivity contribution in [2.45, 2.75) is 4.90 Å². The zero-order valence-corrected chi connectivity index (χ0v) is 18.9. The van der Waals surface area contributed by atoms with Crippen LogP contribution in [0.4, 0.5) is 5.69 Å². The monoisotopic (exact) mass is 479 g/mol. The Morgan fingerprint density at radius 1 is 1.00 bits per heavy atom. The first kappa shape index (κ1) is 24.3. The minimum atomic E-state index is -3.89. The normalized spacial score (nSPS) is 10.9. The fourth-order valence-corrected chi connectivity index (χ4v) is 3.92. The van der Waals surface area contributed by atoms with Crippen LogP contribution in [0.3, 0.4) is 0 Å². The molecule has 3 aromatic carbocycles. The minimum absolute atomic E-state index is 0.0328. The maximum Gasteiger partial charge on any atom is 0.342 e. The van der Waals surface area contributed by atoms with E-state index in [9.17, 15) is 18.0 Å². The van der Waals surface area contributed by atoms with Gasteiger partial charge in [0.2, 0.25) is 10.0 Å². The topological polar surface area (TPSA) is 165 Å². The predicted molar refractivity (Wildman–Crippen MR) is 127 cm³/mol. The predicted octanol–water partition coefficient (Wildman–Crippen LogP) is 2.15. The number of anilines is 1. The lowest BCUT2D eigenvalue weighted by Crippen LogP contribution is -2.14. The lowest BCUT2D eigenvalue weighted by molar-refractivity contribution is 0.0553. The molecule has 0 aliphatic rings. The number of benzene rings is 3. The van der Waals surface area contributed by atoms with Crippen molar-refractivity contribution in [3.8, 4) is 40.3 Å². The van der Waals surface area contributed by atoms with E-state index in [-0.39, 0.29) is 34.1 Å². The molecule has 6 N–H and O–H groups in total. The summed E-state index contributed by atoms with van der Waals surface area (Å²) in [5, 5.41) is 5.16. The minimum Gasteiger partial charge on any atom is -0.495 e. The third-order valence-electron chi connectivity index (χ3n) is 4.98. The van der Waals surface area contributed by atoms with Gasteiger partial charge in [0.1, 0.15) is 11.3 Å². The van der Waals surface area contributed by atoms with Gasteiger partial charge in [-0.25, -0.2) is 18.4 Å². The van der Waals surface area contributed by atoms with E-state index in [0.717, 1.165) is 0 Å². The van der Waals surface area contributed by atoms with E-state index < -0.39 is 21.9 Å². The lowest BCUT2D eigenvalue weighted by Gasteiger charge is -2.17. The van der Waals surface area contributed by atoms with Crippen molar-refractivity contribution >= 4 is 27.6 Å². The number of para-hydroxylation sites is 1. The van der Waals surface area contributed by atoms with E-state index in [1.807, 2.05) is 0 Å². The van der Waals surface area contributed by atoms with Crippen molar-refractivity contribution in [3.63, 3.8) is 0 Å². The fourth-order valence-electron chi connectivity index (χ4n) is 3.41. The molecule has 0 bridgehead atoms. The molecule has 0 fully saturated rings. The third kappa shape index (κ3) is 4.85. The second kappa shape index (κ2) is 9.66. The largest absolute Gasteiger partial charge is 0.495 e. The number of rotatable bonds is 7. The van der Waals surface area contributed by atoms with Crippen molar-refractivity contribution < 1.29 is 27.5 Å². The van der Waals surface area contributed by atoms with Crippen molar-refractivity contribution in [1.29, 1.82) is 0 Å². The van der Waals surface area contributed by atoms with Crippen LogP contribution >= 0.6 is 0 Å². The van der Waals surface area contributed by atoms with Crippen LogP contribution in [0.5, 0.6) is 5.75 Å². The van der Waals surface area contributed by atoms with Crippen LogP contribution in [0.25, 0.3) is 22.3 Å². The summed E-state index contributed by atoms with van der Waals surface area (Å²) in [7, 11) is -2.51. The molecule has 0 saturated carbocycles. The molecule has 0 aliphatic carbocycles. The molecule has 3 rings (SSSR count). The maximum absolute atomic E-state index is 12.4. The van der Waals surface area contributed by atoms with E-state index in [2.05, 4.69) is 5.92 Å². The molecule has 0 heterocycles. The second-order valence-electron chi connectivity index (χ2n) is 7.09. The van der Waals surface area contributed by atoms with Crippen LogP contribution in [0.2, 0.25) is 0 Å². The zero-order valence-electron chi connectivity index (χ0n) is 18.1. The fraction of sp³-hybridized carbons (Fsp3) is 0.0833. The molecule has 3 aromatic rings. The van der Waals surface area contributed by atoms with E-state index >= 15 is 0 Å². The van der Waals surface area contributed by atoms with Gasteiger partial charge in [-0.05, 0) is 41.5 Å². The van der Waals surface area contributed by atoms with Crippen LogP contribution < -0.4 is 21.3 Å². The summed E-state index contributed by atoms with van der Waals surface area (Å²) in [6, 6.07) is 13.6. The molecule has 0 aromatic heterocycles. The van der Waals surface area contributed by atoms with Crippen LogP contribution in [-0.4, -0.2) is 34.0 Å². The number of methoxy groups -OCH3 is 1. The standard InChI is InChI=1S/C24H21N3O6S/c1-3-11-33-24(29)18-6-4-5-17(22(18)32-2)15-12-19(21(25)20(13-15)23(26)28)14-7-9-16(10-8-14)34(27,30)31/h1,4-10,12-13H,11,25H2,2H3,(H2,26,28)(H2,27,30,31). The second-order valence-corrected chi connectivity index (χ2v) is 8.65. The van der Waals surface area contributed by atoms with Crippen molar-refractivity contribution in [2.75, 3.05) is 19.5 Å². The van der Waals surface area contributed by atoms with Gasteiger partial charge in [-0.2, -0.15) is 0 Å². The first-order valence-corrected chi connectivity index (χ1v) is 11.3. The van der Waals surface area contributed by atoms with Gasteiger partial charge in [0.05, 0.1) is 23.3 Å². The van der Waals surface area contributed by atoms with Gasteiger partial charge in [0.15, 0.2) is 6.61 Å². The number of primary sulfonamides is 1. The van der Waals surface area contributed by atoms with E-state index in [1.165, 1.54) is 43.5 Å². The van der Waals surface area contributed by atoms with Gasteiger partial charge in [-0.1, -0.05) is 30.2 Å². The summed E-state index contributed by atoms with van der Waals surface area (Å²) in [5.74, 6) is 0.965. The Morgan fingerprint density at radius 3 is 2.24 bits per heavy atom. The summed E-state index contributed by atoms with van der Waals surface area (Å²) in [6.07, 6.45) is 5.16. The number of esters is 1. The first-order chi connectivity index (χ1) is 16.1. The Balaban J connectivity index is 2.23. The molecule has 0 unspecified atom stereocenters. The molecular formula is C24H21N3O6S. The Hall–Kier alpha value is -4.33. The smallest absolute Gasteiger partial charge is 0.342 e. The number of terminal acetylenes is 1. The number of hydrogen-bond acceptors (Lipinski definition) is 7. The van der Waals surface area contributed by atoms with Crippen molar-refractivity contribution in [2.24, 2.45) is 10.9 Å². The number of nitrogens with two attached hydrogens (primary N) is 3.